The molecule has 1 saturated carbocycles. The van der Waals surface area contributed by atoms with Crippen molar-refractivity contribution in [3.05, 3.63) is 75.7 Å². The lowest BCUT2D eigenvalue weighted by atomic mass is 9.93. The molecule has 6 rings (SSSR count). The number of carbonyl (C=O) groups is 1. The van der Waals surface area contributed by atoms with Gasteiger partial charge >= 0.3 is 6.18 Å². The van der Waals surface area contributed by atoms with Crippen LogP contribution in [0.15, 0.2) is 47.7 Å². The molecule has 0 saturated heterocycles. The van der Waals surface area contributed by atoms with Crippen LogP contribution in [0.1, 0.15) is 33.7 Å². The highest BCUT2D eigenvalue weighted by atomic mass is 19.4. The predicted molar refractivity (Wildman–Crippen MR) is 111 cm³/mol. The summed E-state index contributed by atoms with van der Waals surface area (Å²) in [5, 5.41) is 0. The van der Waals surface area contributed by atoms with E-state index in [4.69, 9.17) is 4.74 Å². The van der Waals surface area contributed by atoms with Crippen molar-refractivity contribution in [2.45, 2.75) is 37.6 Å². The highest BCUT2D eigenvalue weighted by Crippen LogP contribution is 2.60. The minimum atomic E-state index is -4.45. The number of hydrogen-bond donors (Lipinski definition) is 0. The second-order valence-corrected chi connectivity index (χ2v) is 8.89. The molecule has 2 aromatic heterocycles. The summed E-state index contributed by atoms with van der Waals surface area (Å²) >= 11 is 0. The molecule has 2 atom stereocenters. The maximum absolute atomic E-state index is 13.3. The Labute approximate surface area is 186 Å². The molecular formula is C23H19F3N4O3. The van der Waals surface area contributed by atoms with Crippen LogP contribution in [0.2, 0.25) is 0 Å². The number of benzene rings is 1. The van der Waals surface area contributed by atoms with Crippen LogP contribution < -0.4 is 10.3 Å². The lowest BCUT2D eigenvalue weighted by Gasteiger charge is -2.32. The first-order valence-corrected chi connectivity index (χ1v) is 10.6. The molecule has 10 heteroatoms. The van der Waals surface area contributed by atoms with E-state index in [9.17, 15) is 22.8 Å². The number of alkyl halides is 3. The van der Waals surface area contributed by atoms with E-state index in [1.54, 1.807) is 34.1 Å². The van der Waals surface area contributed by atoms with Gasteiger partial charge in [0, 0.05) is 37.8 Å². The van der Waals surface area contributed by atoms with E-state index in [-0.39, 0.29) is 29.8 Å². The van der Waals surface area contributed by atoms with Crippen molar-refractivity contribution >= 4 is 5.91 Å². The number of fused-ring (bicyclic) bond motifs is 4. The Morgan fingerprint density at radius 2 is 2.00 bits per heavy atom. The zero-order valence-electron chi connectivity index (χ0n) is 17.6. The molecule has 3 aliphatic rings. The Morgan fingerprint density at radius 3 is 2.73 bits per heavy atom. The molecule has 3 aromatic rings. The van der Waals surface area contributed by atoms with Gasteiger partial charge in [-0.15, -0.1) is 0 Å². The van der Waals surface area contributed by atoms with E-state index in [2.05, 4.69) is 4.98 Å². The number of rotatable bonds is 3. The first-order chi connectivity index (χ1) is 15.7. The van der Waals surface area contributed by atoms with Crippen LogP contribution in [0.5, 0.6) is 5.75 Å². The van der Waals surface area contributed by atoms with Crippen LogP contribution in [0.25, 0.3) is 5.69 Å². The van der Waals surface area contributed by atoms with Gasteiger partial charge in [0.2, 0.25) is 0 Å². The molecule has 2 aliphatic heterocycles. The number of pyridine rings is 1. The highest BCUT2D eigenvalue weighted by Gasteiger charge is 2.64. The second-order valence-electron chi connectivity index (χ2n) is 8.89. The Bertz CT molecular complexity index is 1380. The minimum absolute atomic E-state index is 0.236. The molecule has 1 amide bonds. The fraction of sp³-hybridized carbons (Fsp3) is 0.348. The van der Waals surface area contributed by atoms with Crippen LogP contribution in [0, 0.1) is 6.92 Å². The SMILES string of the molecule is Cc1cn(-c2ccc3n(c2=O)CCN(C[C@@]24C[C@@H]2Oc2ccc(C(F)(F)F)cc24)C3=O)cn1. The average molecular weight is 456 g/mol. The number of nitrogens with zero attached hydrogens (tertiary/aromatic N) is 4. The van der Waals surface area contributed by atoms with Gasteiger partial charge in [-0.1, -0.05) is 0 Å². The van der Waals surface area contributed by atoms with Gasteiger partial charge in [-0.25, -0.2) is 4.98 Å². The lowest BCUT2D eigenvalue weighted by molar-refractivity contribution is -0.137. The van der Waals surface area contributed by atoms with Crippen molar-refractivity contribution in [3.63, 3.8) is 0 Å². The Kier molecular flexibility index (Phi) is 3.95. The van der Waals surface area contributed by atoms with Gasteiger partial charge in [0.25, 0.3) is 11.5 Å². The summed E-state index contributed by atoms with van der Waals surface area (Å²) in [5.74, 6) is 0.132. The molecule has 1 fully saturated rings. The molecule has 170 valence electrons. The zero-order valence-corrected chi connectivity index (χ0v) is 17.6. The minimum Gasteiger partial charge on any atom is -0.489 e. The van der Waals surface area contributed by atoms with Crippen molar-refractivity contribution < 1.29 is 22.7 Å². The van der Waals surface area contributed by atoms with Crippen molar-refractivity contribution in [2.75, 3.05) is 13.1 Å². The maximum atomic E-state index is 13.3. The maximum Gasteiger partial charge on any atom is 0.416 e. The summed E-state index contributed by atoms with van der Waals surface area (Å²) in [5.41, 5.74) is 0.297. The normalized spacial score (nSPS) is 23.1. The first-order valence-electron chi connectivity index (χ1n) is 10.6. The predicted octanol–water partition coefficient (Wildman–Crippen LogP) is 2.92. The van der Waals surface area contributed by atoms with Gasteiger partial charge in [-0.3, -0.25) is 9.59 Å². The molecule has 1 aliphatic carbocycles. The third-order valence-corrected chi connectivity index (χ3v) is 6.84. The van der Waals surface area contributed by atoms with E-state index >= 15 is 0 Å². The van der Waals surface area contributed by atoms with Gasteiger partial charge in [-0.2, -0.15) is 13.2 Å². The van der Waals surface area contributed by atoms with Gasteiger partial charge in [0.05, 0.1) is 23.0 Å². The van der Waals surface area contributed by atoms with Gasteiger partial charge < -0.3 is 18.8 Å². The molecule has 0 unspecified atom stereocenters. The van der Waals surface area contributed by atoms with Crippen LogP contribution in [-0.2, 0) is 18.1 Å². The monoisotopic (exact) mass is 456 g/mol. The third kappa shape index (κ3) is 2.93. The molecule has 4 heterocycles. The molecule has 0 N–H and O–H groups in total. The molecule has 0 radical (unpaired) electrons. The topological polar surface area (TPSA) is 69.4 Å². The zero-order chi connectivity index (χ0) is 23.1. The van der Waals surface area contributed by atoms with Gasteiger partial charge in [0.15, 0.2) is 0 Å². The lowest BCUT2D eigenvalue weighted by Crippen LogP contribution is -2.47. The smallest absolute Gasteiger partial charge is 0.416 e. The average Bonchev–Trinajstić information content (AvgIpc) is 3.12. The van der Waals surface area contributed by atoms with E-state index in [0.717, 1.165) is 17.8 Å². The molecule has 0 spiro atoms. The Balaban J connectivity index is 1.30. The quantitative estimate of drug-likeness (QED) is 0.608. The molecule has 0 bridgehead atoms. The largest absolute Gasteiger partial charge is 0.489 e. The van der Waals surface area contributed by atoms with Crippen LogP contribution in [0.3, 0.4) is 0 Å². The van der Waals surface area contributed by atoms with Crippen molar-refractivity contribution in [3.8, 4) is 11.4 Å². The molecule has 1 aromatic carbocycles. The number of aromatic nitrogens is 3. The number of halogens is 3. The fourth-order valence-electron chi connectivity index (χ4n) is 5.01. The summed E-state index contributed by atoms with van der Waals surface area (Å²) in [6, 6.07) is 6.74. The summed E-state index contributed by atoms with van der Waals surface area (Å²) in [6.45, 7) is 2.67. The number of carbonyl (C=O) groups excluding carboxylic acids is 1. The number of amides is 1. The number of hydrogen-bond acceptors (Lipinski definition) is 4. The number of aryl methyl sites for hydroxylation is 1. The molecular weight excluding hydrogens is 437 g/mol. The van der Waals surface area contributed by atoms with Crippen molar-refractivity contribution in [2.24, 2.45) is 0 Å². The van der Waals surface area contributed by atoms with Crippen LogP contribution in [0.4, 0.5) is 13.2 Å². The van der Waals surface area contributed by atoms with Crippen molar-refractivity contribution in [1.82, 2.24) is 19.0 Å². The van der Waals surface area contributed by atoms with E-state index < -0.39 is 17.2 Å². The fourth-order valence-corrected chi connectivity index (χ4v) is 5.01. The van der Waals surface area contributed by atoms with Crippen LogP contribution >= 0.6 is 0 Å². The van der Waals surface area contributed by atoms with Gasteiger partial charge in [0.1, 0.15) is 23.2 Å². The van der Waals surface area contributed by atoms with Crippen molar-refractivity contribution in [1.29, 1.82) is 0 Å². The summed E-state index contributed by atoms with van der Waals surface area (Å²) in [6.07, 6.45) is -0.832. The Morgan fingerprint density at radius 1 is 1.18 bits per heavy atom. The first kappa shape index (κ1) is 20.1. The van der Waals surface area contributed by atoms with E-state index in [1.807, 2.05) is 6.92 Å². The van der Waals surface area contributed by atoms with Crippen LogP contribution in [-0.4, -0.2) is 44.1 Å². The molecule has 33 heavy (non-hydrogen) atoms. The van der Waals surface area contributed by atoms with E-state index in [0.29, 0.717) is 36.5 Å². The number of ether oxygens (including phenoxy) is 1. The number of imidazole rings is 1. The molecule has 7 nitrogen and oxygen atoms in total. The van der Waals surface area contributed by atoms with Gasteiger partial charge in [-0.05, 0) is 37.3 Å². The highest BCUT2D eigenvalue weighted by molar-refractivity contribution is 5.93. The summed E-state index contributed by atoms with van der Waals surface area (Å²) < 4.78 is 48.7. The van der Waals surface area contributed by atoms with E-state index in [1.165, 1.54) is 10.6 Å². The second kappa shape index (κ2) is 6.49. The summed E-state index contributed by atoms with van der Waals surface area (Å²) in [4.78, 5) is 32.0. The summed E-state index contributed by atoms with van der Waals surface area (Å²) in [7, 11) is 0. The third-order valence-electron chi connectivity index (χ3n) is 6.84. The standard InChI is InChI=1S/C23H19F3N4O3/c1-13-10-29(12-27-13)16-3-4-17-20(31)28(6-7-30(17)21(16)32)11-22-9-19(22)33-18-5-2-14(8-15(18)22)23(24,25)26/h2-5,8,10,12,19H,6-7,9,11H2,1H3/t19-,22+/m0/s1. The Hall–Kier alpha value is -3.56.